The van der Waals surface area contributed by atoms with Crippen LogP contribution < -0.4 is 0 Å². The highest BCUT2D eigenvalue weighted by Gasteiger charge is 2.44. The Morgan fingerprint density at radius 1 is 1.32 bits per heavy atom. The first-order valence-electron chi connectivity index (χ1n) is 9.98. The predicted molar refractivity (Wildman–Crippen MR) is 110 cm³/mol. The molecule has 1 fully saturated rings. The van der Waals surface area contributed by atoms with Crippen LogP contribution in [0.4, 0.5) is 9.18 Å². The number of oxazole rings is 1. The quantitative estimate of drug-likeness (QED) is 0.603. The Balaban J connectivity index is 1.61. The summed E-state index contributed by atoms with van der Waals surface area (Å²) in [6.45, 7) is 5.54. The summed E-state index contributed by atoms with van der Waals surface area (Å²) in [5.74, 6) is 0.300. The van der Waals surface area contributed by atoms with E-state index in [9.17, 15) is 4.79 Å². The van der Waals surface area contributed by atoms with Crippen LogP contribution in [0.3, 0.4) is 0 Å². The number of rotatable bonds is 2. The van der Waals surface area contributed by atoms with E-state index in [0.717, 1.165) is 0 Å². The Labute approximate surface area is 178 Å². The highest BCUT2D eigenvalue weighted by molar-refractivity contribution is 5.79. The van der Waals surface area contributed by atoms with E-state index in [2.05, 4.69) is 15.0 Å². The van der Waals surface area contributed by atoms with Gasteiger partial charge in [0.2, 0.25) is 11.6 Å². The van der Waals surface area contributed by atoms with Crippen molar-refractivity contribution in [2.45, 2.75) is 44.9 Å². The van der Waals surface area contributed by atoms with E-state index in [1.54, 1.807) is 39.0 Å². The number of nitrogens with zero attached hydrogens (tertiary/aromatic N) is 5. The standard InChI is InChI=1S/C22H22FN5O3/c1-21(2,3)31-20(29)28-10-4-8-22(23,13-28)19-27-16-11-14(5-6-17(16)30-19)18-25-9-7-15(12-24)26-18/h5-7,9,11H,4,8,10,13H2,1-3H3. The number of hydrogen-bond donors (Lipinski definition) is 0. The summed E-state index contributed by atoms with van der Waals surface area (Å²) in [5, 5.41) is 9.03. The number of aromatic nitrogens is 3. The fourth-order valence-electron chi connectivity index (χ4n) is 3.49. The molecule has 3 aromatic rings. The summed E-state index contributed by atoms with van der Waals surface area (Å²) in [5.41, 5.74) is -0.821. The maximum atomic E-state index is 15.8. The average Bonchev–Trinajstić information content (AvgIpc) is 3.17. The lowest BCUT2D eigenvalue weighted by atomic mass is 9.95. The van der Waals surface area contributed by atoms with E-state index >= 15 is 4.39 Å². The molecule has 8 nitrogen and oxygen atoms in total. The Morgan fingerprint density at radius 2 is 2.13 bits per heavy atom. The molecule has 1 aromatic carbocycles. The number of amides is 1. The van der Waals surface area contributed by atoms with Crippen LogP contribution in [0.1, 0.15) is 45.2 Å². The molecule has 0 radical (unpaired) electrons. The van der Waals surface area contributed by atoms with Crippen molar-refractivity contribution < 1.29 is 18.3 Å². The molecule has 1 aliphatic heterocycles. The van der Waals surface area contributed by atoms with Gasteiger partial charge in [0.05, 0.1) is 6.54 Å². The van der Waals surface area contributed by atoms with Gasteiger partial charge in [-0.2, -0.15) is 5.26 Å². The van der Waals surface area contributed by atoms with Gasteiger partial charge in [0.1, 0.15) is 22.9 Å². The van der Waals surface area contributed by atoms with Crippen molar-refractivity contribution in [2.75, 3.05) is 13.1 Å². The minimum atomic E-state index is -1.91. The second kappa shape index (κ2) is 7.61. The molecule has 160 valence electrons. The number of carbonyl (C=O) groups excluding carboxylic acids is 1. The van der Waals surface area contributed by atoms with Gasteiger partial charge in [-0.15, -0.1) is 0 Å². The van der Waals surface area contributed by atoms with Crippen LogP contribution in [-0.4, -0.2) is 44.6 Å². The SMILES string of the molecule is CC(C)(C)OC(=O)N1CCCC(F)(c2nc3cc(-c4nccc(C#N)n4)ccc3o2)C1. The van der Waals surface area contributed by atoms with E-state index in [1.165, 1.54) is 17.2 Å². The van der Waals surface area contributed by atoms with Crippen molar-refractivity contribution in [2.24, 2.45) is 0 Å². The van der Waals surface area contributed by atoms with Crippen molar-refractivity contribution in [1.82, 2.24) is 19.9 Å². The second-order valence-corrected chi connectivity index (χ2v) is 8.55. The first kappa shape index (κ1) is 20.7. The van der Waals surface area contributed by atoms with Crippen LogP contribution in [0.2, 0.25) is 0 Å². The van der Waals surface area contributed by atoms with E-state index in [1.807, 2.05) is 6.07 Å². The number of hydrogen-bond acceptors (Lipinski definition) is 7. The second-order valence-electron chi connectivity index (χ2n) is 8.55. The number of nitriles is 1. The molecule has 0 N–H and O–H groups in total. The molecular formula is C22H22FN5O3. The third-order valence-electron chi connectivity index (χ3n) is 4.89. The van der Waals surface area contributed by atoms with Crippen LogP contribution in [0.5, 0.6) is 0 Å². The first-order chi connectivity index (χ1) is 14.7. The number of ether oxygens (including phenoxy) is 1. The molecule has 0 aliphatic carbocycles. The monoisotopic (exact) mass is 423 g/mol. The van der Waals surface area contributed by atoms with Crippen molar-refractivity contribution in [3.63, 3.8) is 0 Å². The molecule has 4 rings (SSSR count). The van der Waals surface area contributed by atoms with Crippen molar-refractivity contribution in [3.05, 3.63) is 42.0 Å². The Kier molecular flexibility index (Phi) is 5.09. The molecular weight excluding hydrogens is 401 g/mol. The molecule has 1 saturated heterocycles. The minimum absolute atomic E-state index is 0.0698. The number of alkyl halides is 1. The largest absolute Gasteiger partial charge is 0.444 e. The van der Waals surface area contributed by atoms with Gasteiger partial charge in [0, 0.05) is 18.3 Å². The summed E-state index contributed by atoms with van der Waals surface area (Å²) in [6, 6.07) is 8.58. The lowest BCUT2D eigenvalue weighted by Gasteiger charge is -2.36. The van der Waals surface area contributed by atoms with Crippen LogP contribution in [0.25, 0.3) is 22.5 Å². The van der Waals surface area contributed by atoms with Gasteiger partial charge in [-0.25, -0.2) is 24.1 Å². The first-order valence-corrected chi connectivity index (χ1v) is 9.98. The van der Waals surface area contributed by atoms with Gasteiger partial charge < -0.3 is 14.1 Å². The molecule has 1 amide bonds. The number of fused-ring (bicyclic) bond motifs is 1. The Hall–Kier alpha value is -3.54. The maximum Gasteiger partial charge on any atom is 0.410 e. The van der Waals surface area contributed by atoms with Crippen LogP contribution in [-0.2, 0) is 10.4 Å². The summed E-state index contributed by atoms with van der Waals surface area (Å²) >= 11 is 0. The van der Waals surface area contributed by atoms with Gasteiger partial charge in [-0.1, -0.05) is 0 Å². The van der Waals surface area contributed by atoms with Crippen LogP contribution in [0, 0.1) is 11.3 Å². The minimum Gasteiger partial charge on any atom is -0.444 e. The van der Waals surface area contributed by atoms with Crippen molar-refractivity contribution in [3.8, 4) is 17.5 Å². The summed E-state index contributed by atoms with van der Waals surface area (Å²) < 4.78 is 26.9. The summed E-state index contributed by atoms with van der Waals surface area (Å²) in [7, 11) is 0. The van der Waals surface area contributed by atoms with Gasteiger partial charge in [0.15, 0.2) is 11.4 Å². The number of halogens is 1. The van der Waals surface area contributed by atoms with Crippen LogP contribution >= 0.6 is 0 Å². The molecule has 1 atom stereocenters. The molecule has 1 aliphatic rings. The smallest absolute Gasteiger partial charge is 0.410 e. The fraction of sp³-hybridized carbons (Fsp3) is 0.409. The van der Waals surface area contributed by atoms with E-state index in [4.69, 9.17) is 14.4 Å². The number of piperidine rings is 1. The predicted octanol–water partition coefficient (Wildman–Crippen LogP) is 4.35. The molecule has 3 heterocycles. The topological polar surface area (TPSA) is 105 Å². The van der Waals surface area contributed by atoms with E-state index in [-0.39, 0.29) is 24.6 Å². The number of carbonyl (C=O) groups is 1. The Morgan fingerprint density at radius 3 is 2.87 bits per heavy atom. The fourth-order valence-corrected chi connectivity index (χ4v) is 3.49. The third-order valence-corrected chi connectivity index (χ3v) is 4.89. The summed E-state index contributed by atoms with van der Waals surface area (Å²) in [6.07, 6.45) is 1.61. The zero-order valence-corrected chi connectivity index (χ0v) is 17.6. The zero-order valence-electron chi connectivity index (χ0n) is 17.6. The molecule has 9 heteroatoms. The lowest BCUT2D eigenvalue weighted by Crippen LogP contribution is -2.48. The molecule has 31 heavy (non-hydrogen) atoms. The Bertz CT molecular complexity index is 1180. The molecule has 1 unspecified atom stereocenters. The molecule has 2 aromatic heterocycles. The van der Waals surface area contributed by atoms with Gasteiger partial charge in [-0.05, 0) is 57.9 Å². The highest BCUT2D eigenvalue weighted by Crippen LogP contribution is 2.37. The van der Waals surface area contributed by atoms with Gasteiger partial charge in [0.25, 0.3) is 0 Å². The van der Waals surface area contributed by atoms with Gasteiger partial charge >= 0.3 is 6.09 Å². The van der Waals surface area contributed by atoms with E-state index in [0.29, 0.717) is 35.5 Å². The summed E-state index contributed by atoms with van der Waals surface area (Å²) in [4.78, 5) is 26.5. The number of likely N-dealkylation sites (tertiary alicyclic amines) is 1. The zero-order chi connectivity index (χ0) is 22.2. The molecule has 0 spiro atoms. The average molecular weight is 423 g/mol. The third kappa shape index (κ3) is 4.33. The maximum absolute atomic E-state index is 15.8. The van der Waals surface area contributed by atoms with E-state index < -0.39 is 17.4 Å². The molecule has 0 bridgehead atoms. The van der Waals surface area contributed by atoms with Gasteiger partial charge in [-0.3, -0.25) is 0 Å². The highest BCUT2D eigenvalue weighted by atomic mass is 19.1. The normalized spacial score (nSPS) is 19.3. The molecule has 0 saturated carbocycles. The number of benzene rings is 1. The van der Waals surface area contributed by atoms with Crippen molar-refractivity contribution in [1.29, 1.82) is 5.26 Å². The van der Waals surface area contributed by atoms with Crippen molar-refractivity contribution >= 4 is 17.2 Å². The lowest BCUT2D eigenvalue weighted by molar-refractivity contribution is -0.0140. The van der Waals surface area contributed by atoms with Crippen LogP contribution in [0.15, 0.2) is 34.9 Å².